The first kappa shape index (κ1) is 12.4. The van der Waals surface area contributed by atoms with Gasteiger partial charge in [0.1, 0.15) is 0 Å². The summed E-state index contributed by atoms with van der Waals surface area (Å²) in [5, 5.41) is 9.37. The lowest BCUT2D eigenvalue weighted by molar-refractivity contribution is 0.0527. The molecular formula is C14H22N2O. The molecule has 1 saturated heterocycles. The van der Waals surface area contributed by atoms with Crippen LogP contribution in [0.5, 0.6) is 0 Å². The van der Waals surface area contributed by atoms with E-state index >= 15 is 0 Å². The number of para-hydroxylation sites is 1. The van der Waals surface area contributed by atoms with Gasteiger partial charge in [-0.15, -0.1) is 0 Å². The van der Waals surface area contributed by atoms with E-state index in [1.807, 2.05) is 0 Å². The van der Waals surface area contributed by atoms with E-state index in [1.54, 1.807) is 0 Å². The normalized spacial score (nSPS) is 18.4. The molecule has 17 heavy (non-hydrogen) atoms. The molecule has 3 nitrogen and oxygen atoms in total. The van der Waals surface area contributed by atoms with Crippen LogP contribution in [0, 0.1) is 0 Å². The van der Waals surface area contributed by atoms with Gasteiger partial charge in [0.25, 0.3) is 0 Å². The molecule has 1 aromatic carbocycles. The number of aliphatic hydroxyl groups is 1. The van der Waals surface area contributed by atoms with Crippen LogP contribution in [0.2, 0.25) is 0 Å². The lowest BCUT2D eigenvalue weighted by Crippen LogP contribution is -2.56. The predicted octanol–water partition coefficient (Wildman–Crippen LogP) is 1.58. The van der Waals surface area contributed by atoms with Crippen molar-refractivity contribution in [3.8, 4) is 0 Å². The number of rotatable bonds is 3. The molecule has 0 aliphatic carbocycles. The standard InChI is InChI=1S/C14H22N2O/c1-14(2,12-17)16-10-8-15(9-11-16)13-6-4-3-5-7-13/h3-7,17H,8-12H2,1-2H3. The number of hydrogen-bond acceptors (Lipinski definition) is 3. The number of anilines is 1. The van der Waals surface area contributed by atoms with Crippen LogP contribution in [0.1, 0.15) is 13.8 Å². The van der Waals surface area contributed by atoms with Gasteiger partial charge in [-0.3, -0.25) is 4.90 Å². The highest BCUT2D eigenvalue weighted by Gasteiger charge is 2.29. The number of hydrogen-bond donors (Lipinski definition) is 1. The van der Waals surface area contributed by atoms with Crippen molar-refractivity contribution in [2.24, 2.45) is 0 Å². The average Bonchev–Trinajstić information content (AvgIpc) is 2.40. The van der Waals surface area contributed by atoms with Crippen LogP contribution in [0.3, 0.4) is 0 Å². The third kappa shape index (κ3) is 2.79. The summed E-state index contributed by atoms with van der Waals surface area (Å²) >= 11 is 0. The van der Waals surface area contributed by atoms with Crippen molar-refractivity contribution in [2.75, 3.05) is 37.7 Å². The highest BCUT2D eigenvalue weighted by Crippen LogP contribution is 2.20. The van der Waals surface area contributed by atoms with Gasteiger partial charge in [-0.05, 0) is 26.0 Å². The van der Waals surface area contributed by atoms with E-state index < -0.39 is 0 Å². The van der Waals surface area contributed by atoms with Crippen molar-refractivity contribution < 1.29 is 5.11 Å². The van der Waals surface area contributed by atoms with Gasteiger partial charge in [0.15, 0.2) is 0 Å². The molecule has 1 heterocycles. The fourth-order valence-corrected chi connectivity index (χ4v) is 2.31. The smallest absolute Gasteiger partial charge is 0.0610 e. The van der Waals surface area contributed by atoms with Crippen molar-refractivity contribution in [1.82, 2.24) is 4.90 Å². The summed E-state index contributed by atoms with van der Waals surface area (Å²) < 4.78 is 0. The molecule has 1 fully saturated rings. The third-order valence-corrected chi connectivity index (χ3v) is 3.64. The Morgan fingerprint density at radius 3 is 2.18 bits per heavy atom. The largest absolute Gasteiger partial charge is 0.394 e. The Morgan fingerprint density at radius 2 is 1.65 bits per heavy atom. The molecule has 0 unspecified atom stereocenters. The average molecular weight is 234 g/mol. The number of nitrogens with zero attached hydrogens (tertiary/aromatic N) is 2. The number of aliphatic hydroxyl groups excluding tert-OH is 1. The summed E-state index contributed by atoms with van der Waals surface area (Å²) in [6.07, 6.45) is 0. The minimum Gasteiger partial charge on any atom is -0.394 e. The van der Waals surface area contributed by atoms with Crippen LogP contribution in [-0.4, -0.2) is 48.3 Å². The first-order valence-corrected chi connectivity index (χ1v) is 6.29. The number of benzene rings is 1. The summed E-state index contributed by atoms with van der Waals surface area (Å²) in [4.78, 5) is 4.77. The second-order valence-corrected chi connectivity index (χ2v) is 5.28. The maximum Gasteiger partial charge on any atom is 0.0610 e. The minimum atomic E-state index is -0.0945. The summed E-state index contributed by atoms with van der Waals surface area (Å²) in [5.41, 5.74) is 1.21. The van der Waals surface area contributed by atoms with Crippen molar-refractivity contribution in [3.63, 3.8) is 0 Å². The second-order valence-electron chi connectivity index (χ2n) is 5.28. The Morgan fingerprint density at radius 1 is 1.06 bits per heavy atom. The topological polar surface area (TPSA) is 26.7 Å². The van der Waals surface area contributed by atoms with E-state index in [0.717, 1.165) is 26.2 Å². The van der Waals surface area contributed by atoms with E-state index in [9.17, 15) is 5.11 Å². The van der Waals surface area contributed by atoms with Gasteiger partial charge in [-0.25, -0.2) is 0 Å². The first-order chi connectivity index (χ1) is 8.13. The van der Waals surface area contributed by atoms with Crippen LogP contribution in [0.25, 0.3) is 0 Å². The minimum absolute atomic E-state index is 0.0945. The van der Waals surface area contributed by atoms with Gasteiger partial charge in [0, 0.05) is 37.4 Å². The van der Waals surface area contributed by atoms with Crippen molar-refractivity contribution in [3.05, 3.63) is 30.3 Å². The molecule has 2 rings (SSSR count). The van der Waals surface area contributed by atoms with E-state index in [-0.39, 0.29) is 12.1 Å². The Bertz CT molecular complexity index is 342. The molecule has 0 saturated carbocycles. The molecule has 0 radical (unpaired) electrons. The van der Waals surface area contributed by atoms with E-state index in [1.165, 1.54) is 5.69 Å². The zero-order valence-corrected chi connectivity index (χ0v) is 10.8. The van der Waals surface area contributed by atoms with Gasteiger partial charge in [-0.2, -0.15) is 0 Å². The Balaban J connectivity index is 1.95. The molecule has 1 N–H and O–H groups in total. The second kappa shape index (κ2) is 5.07. The molecule has 0 atom stereocenters. The van der Waals surface area contributed by atoms with E-state index in [4.69, 9.17) is 0 Å². The summed E-state index contributed by atoms with van der Waals surface area (Å²) in [7, 11) is 0. The quantitative estimate of drug-likeness (QED) is 0.860. The van der Waals surface area contributed by atoms with Crippen LogP contribution < -0.4 is 4.90 Å². The molecule has 0 bridgehead atoms. The molecular weight excluding hydrogens is 212 g/mol. The van der Waals surface area contributed by atoms with Gasteiger partial charge in [0.05, 0.1) is 6.61 Å². The zero-order valence-electron chi connectivity index (χ0n) is 10.8. The highest BCUT2D eigenvalue weighted by molar-refractivity contribution is 5.46. The van der Waals surface area contributed by atoms with E-state index in [2.05, 4.69) is 54.0 Å². The molecule has 0 aromatic heterocycles. The Hall–Kier alpha value is -1.06. The first-order valence-electron chi connectivity index (χ1n) is 6.29. The van der Waals surface area contributed by atoms with Crippen molar-refractivity contribution in [2.45, 2.75) is 19.4 Å². The molecule has 1 aromatic rings. The molecule has 0 amide bonds. The fraction of sp³-hybridized carbons (Fsp3) is 0.571. The van der Waals surface area contributed by atoms with Crippen LogP contribution >= 0.6 is 0 Å². The summed E-state index contributed by atoms with van der Waals surface area (Å²) in [6.45, 7) is 8.53. The molecule has 94 valence electrons. The molecule has 1 aliphatic rings. The van der Waals surface area contributed by atoms with Gasteiger partial charge in [0.2, 0.25) is 0 Å². The van der Waals surface area contributed by atoms with Crippen LogP contribution in [0.15, 0.2) is 30.3 Å². The van der Waals surface area contributed by atoms with E-state index in [0.29, 0.717) is 0 Å². The van der Waals surface area contributed by atoms with Gasteiger partial charge >= 0.3 is 0 Å². The predicted molar refractivity (Wildman–Crippen MR) is 71.4 cm³/mol. The SMILES string of the molecule is CC(C)(CO)N1CCN(c2ccccc2)CC1. The molecule has 3 heteroatoms. The number of piperazine rings is 1. The highest BCUT2D eigenvalue weighted by atomic mass is 16.3. The summed E-state index contributed by atoms with van der Waals surface area (Å²) in [5.74, 6) is 0. The monoisotopic (exact) mass is 234 g/mol. The Kier molecular flexibility index (Phi) is 3.69. The lowest BCUT2D eigenvalue weighted by atomic mass is 10.0. The zero-order chi connectivity index (χ0) is 12.3. The van der Waals surface area contributed by atoms with Crippen molar-refractivity contribution in [1.29, 1.82) is 0 Å². The fourth-order valence-electron chi connectivity index (χ4n) is 2.31. The molecule has 0 spiro atoms. The Labute approximate surface area is 104 Å². The maximum absolute atomic E-state index is 9.37. The van der Waals surface area contributed by atoms with Gasteiger partial charge in [-0.1, -0.05) is 18.2 Å². The third-order valence-electron chi connectivity index (χ3n) is 3.64. The summed E-state index contributed by atoms with van der Waals surface area (Å²) in [6, 6.07) is 10.5. The van der Waals surface area contributed by atoms with Crippen LogP contribution in [-0.2, 0) is 0 Å². The molecule has 1 aliphatic heterocycles. The van der Waals surface area contributed by atoms with Gasteiger partial charge < -0.3 is 10.0 Å². The maximum atomic E-state index is 9.37. The van der Waals surface area contributed by atoms with Crippen LogP contribution in [0.4, 0.5) is 5.69 Å². The lowest BCUT2D eigenvalue weighted by Gasteiger charge is -2.43. The van der Waals surface area contributed by atoms with Crippen molar-refractivity contribution >= 4 is 5.69 Å².